The van der Waals surface area contributed by atoms with Crippen LogP contribution in [-0.2, 0) is 14.3 Å². The first-order valence-corrected chi connectivity index (χ1v) is 19.2. The van der Waals surface area contributed by atoms with Gasteiger partial charge < -0.3 is 40.5 Å². The van der Waals surface area contributed by atoms with Crippen LogP contribution in [0.15, 0.2) is 36.7 Å². The van der Waals surface area contributed by atoms with Crippen LogP contribution in [-0.4, -0.2) is 93.0 Å². The molecule has 1 saturated carbocycles. The number of urea groups is 1. The van der Waals surface area contributed by atoms with Gasteiger partial charge in [0, 0.05) is 37.9 Å². The summed E-state index contributed by atoms with van der Waals surface area (Å²) in [5, 5.41) is 8.03. The Labute approximate surface area is 311 Å². The number of ether oxygens (including phenoxy) is 1. The number of nitrogens with zero attached hydrogens (tertiary/aromatic N) is 4. The van der Waals surface area contributed by atoms with Gasteiger partial charge in [-0.1, -0.05) is 45.0 Å². The molecule has 14 nitrogen and oxygen atoms in total. The Hall–Kier alpha value is -4.88. The molecule has 5 amide bonds. The number of aromatic nitrogens is 4. The molecular weight excluding hydrogens is 674 g/mol. The highest BCUT2D eigenvalue weighted by molar-refractivity contribution is 5.88. The van der Waals surface area contributed by atoms with E-state index in [0.717, 1.165) is 80.0 Å². The molecule has 1 aliphatic carbocycles. The van der Waals surface area contributed by atoms with Crippen molar-refractivity contribution in [1.82, 2.24) is 45.7 Å². The summed E-state index contributed by atoms with van der Waals surface area (Å²) < 4.78 is 4.72. The lowest BCUT2D eigenvalue weighted by Crippen LogP contribution is -2.53. The summed E-state index contributed by atoms with van der Waals surface area (Å²) in [6, 6.07) is 6.87. The van der Waals surface area contributed by atoms with Crippen LogP contribution in [0.4, 0.5) is 9.59 Å². The van der Waals surface area contributed by atoms with Crippen LogP contribution in [0, 0.1) is 5.92 Å². The fourth-order valence-corrected chi connectivity index (χ4v) is 8.33. The number of alkyl carbamates (subject to hydrolysis) is 1. The van der Waals surface area contributed by atoms with Crippen molar-refractivity contribution in [2.24, 2.45) is 5.92 Å². The smallest absolute Gasteiger partial charge is 0.407 e. The molecule has 6 rings (SSSR count). The molecule has 3 fully saturated rings. The quantitative estimate of drug-likeness (QED) is 0.169. The highest BCUT2D eigenvalue weighted by Gasteiger charge is 2.38. The van der Waals surface area contributed by atoms with Gasteiger partial charge in [0.05, 0.1) is 31.1 Å². The number of nitrogens with one attached hydrogen (secondary N) is 5. The molecule has 5 N–H and O–H groups in total. The number of H-pyrrole nitrogens is 2. The molecule has 0 unspecified atom stereocenters. The number of amides is 5. The second-order valence-electron chi connectivity index (χ2n) is 15.0. The molecule has 0 bridgehead atoms. The van der Waals surface area contributed by atoms with E-state index in [1.807, 2.05) is 43.0 Å². The Balaban J connectivity index is 1.04. The Morgan fingerprint density at radius 3 is 2.04 bits per heavy atom. The number of benzene rings is 1. The van der Waals surface area contributed by atoms with E-state index in [-0.39, 0.29) is 35.8 Å². The Morgan fingerprint density at radius 1 is 0.830 bits per heavy atom. The Kier molecular flexibility index (Phi) is 12.0. The maximum Gasteiger partial charge on any atom is 0.407 e. The summed E-state index contributed by atoms with van der Waals surface area (Å²) in [5.74, 6) is 2.23. The lowest BCUT2D eigenvalue weighted by atomic mass is 9.77. The lowest BCUT2D eigenvalue weighted by molar-refractivity contribution is -0.135. The summed E-state index contributed by atoms with van der Waals surface area (Å²) in [6.07, 6.45) is 11.4. The van der Waals surface area contributed by atoms with E-state index in [4.69, 9.17) is 14.7 Å². The van der Waals surface area contributed by atoms with Crippen molar-refractivity contribution in [1.29, 1.82) is 0 Å². The Morgan fingerprint density at radius 2 is 1.43 bits per heavy atom. The molecule has 3 aromatic rings. The first-order valence-electron chi connectivity index (χ1n) is 19.2. The van der Waals surface area contributed by atoms with Gasteiger partial charge in [-0.05, 0) is 80.8 Å². The van der Waals surface area contributed by atoms with Crippen LogP contribution in [0.2, 0.25) is 0 Å². The average molecular weight is 730 g/mol. The number of rotatable bonds is 11. The first-order chi connectivity index (χ1) is 25.6. The van der Waals surface area contributed by atoms with Gasteiger partial charge in [-0.15, -0.1) is 0 Å². The molecule has 4 heterocycles. The van der Waals surface area contributed by atoms with E-state index in [2.05, 4.69) is 50.2 Å². The molecule has 4 atom stereocenters. The second-order valence-corrected chi connectivity index (χ2v) is 15.0. The summed E-state index contributed by atoms with van der Waals surface area (Å²) in [6.45, 7) is 7.03. The van der Waals surface area contributed by atoms with E-state index < -0.39 is 18.2 Å². The van der Waals surface area contributed by atoms with Gasteiger partial charge >= 0.3 is 12.1 Å². The molecule has 286 valence electrons. The van der Waals surface area contributed by atoms with E-state index >= 15 is 0 Å². The third kappa shape index (κ3) is 8.36. The minimum absolute atomic E-state index is 0.0505. The lowest BCUT2D eigenvalue weighted by Gasteiger charge is -2.30. The number of aromatic amines is 2. The van der Waals surface area contributed by atoms with Crippen molar-refractivity contribution in [3.63, 3.8) is 0 Å². The molecule has 0 radical (unpaired) electrons. The second kappa shape index (κ2) is 16.9. The van der Waals surface area contributed by atoms with Crippen LogP contribution >= 0.6 is 0 Å². The van der Waals surface area contributed by atoms with Crippen molar-refractivity contribution in [3.05, 3.63) is 59.6 Å². The van der Waals surface area contributed by atoms with Crippen LogP contribution < -0.4 is 16.0 Å². The van der Waals surface area contributed by atoms with Crippen LogP contribution in [0.5, 0.6) is 0 Å². The van der Waals surface area contributed by atoms with Gasteiger partial charge in [-0.3, -0.25) is 9.59 Å². The van der Waals surface area contributed by atoms with E-state index in [9.17, 15) is 19.2 Å². The molecule has 53 heavy (non-hydrogen) atoms. The third-order valence-corrected chi connectivity index (χ3v) is 11.4. The van der Waals surface area contributed by atoms with Crippen LogP contribution in [0.25, 0.3) is 11.3 Å². The number of carbonyl (C=O) groups excluding carboxylic acids is 4. The van der Waals surface area contributed by atoms with Gasteiger partial charge in [-0.2, -0.15) is 0 Å². The summed E-state index contributed by atoms with van der Waals surface area (Å²) in [7, 11) is 2.85. The largest absolute Gasteiger partial charge is 0.453 e. The van der Waals surface area contributed by atoms with Crippen molar-refractivity contribution >= 4 is 23.9 Å². The van der Waals surface area contributed by atoms with Crippen molar-refractivity contribution in [2.75, 3.05) is 27.2 Å². The molecule has 3 aliphatic rings. The highest BCUT2D eigenvalue weighted by atomic mass is 16.5. The SMILES string of the molecule is CC[C@H](NC(=O)OC)C(=O)N1CCC[C@H]1c1ncc(C2CCC(c3ccc(-c4cnc([C@@H]5CCCN5C(=O)[C@@H](NC(=O)NC)C(C)C)[nH]4)cc3)CC2)[nH]1. The van der Waals surface area contributed by atoms with Gasteiger partial charge in [-0.25, -0.2) is 19.6 Å². The molecule has 0 spiro atoms. The number of carbonyl (C=O) groups is 4. The molecule has 2 saturated heterocycles. The topological polar surface area (TPSA) is 177 Å². The minimum atomic E-state index is -0.623. The minimum Gasteiger partial charge on any atom is -0.453 e. The monoisotopic (exact) mass is 729 g/mol. The Bertz CT molecular complexity index is 1730. The van der Waals surface area contributed by atoms with E-state index in [1.165, 1.54) is 12.7 Å². The summed E-state index contributed by atoms with van der Waals surface area (Å²) in [4.78, 5) is 71.0. The van der Waals surface area contributed by atoms with Crippen molar-refractivity contribution < 1.29 is 23.9 Å². The van der Waals surface area contributed by atoms with E-state index in [1.54, 1.807) is 7.05 Å². The van der Waals surface area contributed by atoms with Crippen LogP contribution in [0.3, 0.4) is 0 Å². The maximum atomic E-state index is 13.6. The first kappa shape index (κ1) is 37.9. The normalized spacial score (nSPS) is 22.8. The molecule has 2 aromatic heterocycles. The molecule has 2 aliphatic heterocycles. The number of hydrogen-bond donors (Lipinski definition) is 5. The fourth-order valence-electron chi connectivity index (χ4n) is 8.33. The van der Waals surface area contributed by atoms with Gasteiger partial charge in [0.15, 0.2) is 0 Å². The zero-order chi connectivity index (χ0) is 37.6. The average Bonchev–Trinajstić information content (AvgIpc) is 4.02. The third-order valence-electron chi connectivity index (χ3n) is 11.4. The fraction of sp³-hybridized carbons (Fsp3) is 0.590. The van der Waals surface area contributed by atoms with Crippen molar-refractivity contribution in [3.8, 4) is 11.3 Å². The number of imidazole rings is 2. The zero-order valence-electron chi connectivity index (χ0n) is 31.6. The number of likely N-dealkylation sites (tertiary alicyclic amines) is 2. The van der Waals surface area contributed by atoms with Gasteiger partial charge in [0.2, 0.25) is 11.8 Å². The van der Waals surface area contributed by atoms with Gasteiger partial charge in [0.25, 0.3) is 0 Å². The van der Waals surface area contributed by atoms with Crippen molar-refractivity contribution in [2.45, 2.75) is 115 Å². The molecular formula is C39H55N9O5. The molecule has 14 heteroatoms. The number of hydrogen-bond acceptors (Lipinski definition) is 7. The predicted molar refractivity (Wildman–Crippen MR) is 200 cm³/mol. The standard InChI is InChI=1S/C39H55N9O5/c1-6-28(45-39(52)53-5)36(49)47-19-7-9-31(47)34-41-21-29(43-34)26-15-11-24(12-16-26)25-13-17-27(18-14-25)30-22-42-35(44-30)32-10-8-20-48(32)37(50)33(23(2)3)46-38(51)40-4/h13-14,17-18,21-24,26,28,31-33H,6-12,15-16,19-20H2,1-5H3,(H,41,43)(H,42,44)(H,45,52)(H2,40,46,51)/t24?,26?,28-,31-,32-,33-/m0/s1. The number of methoxy groups -OCH3 is 1. The molecule has 1 aromatic carbocycles. The highest BCUT2D eigenvalue weighted by Crippen LogP contribution is 2.41. The van der Waals surface area contributed by atoms with E-state index in [0.29, 0.717) is 31.3 Å². The predicted octanol–water partition coefficient (Wildman–Crippen LogP) is 5.66. The summed E-state index contributed by atoms with van der Waals surface area (Å²) >= 11 is 0. The van der Waals surface area contributed by atoms with Crippen LogP contribution in [0.1, 0.15) is 125 Å². The summed E-state index contributed by atoms with van der Waals surface area (Å²) in [5.41, 5.74) is 4.43. The maximum absolute atomic E-state index is 13.6. The zero-order valence-corrected chi connectivity index (χ0v) is 31.6. The van der Waals surface area contributed by atoms with Gasteiger partial charge in [0.1, 0.15) is 23.7 Å².